The molecule has 0 aliphatic carbocycles. The van der Waals surface area contributed by atoms with E-state index in [-0.39, 0.29) is 10.9 Å². The fourth-order valence-corrected chi connectivity index (χ4v) is 2.81. The summed E-state index contributed by atoms with van der Waals surface area (Å²) in [7, 11) is 0. The molecule has 2 aromatic carbocycles. The summed E-state index contributed by atoms with van der Waals surface area (Å²) in [5, 5.41) is 0.154. The quantitative estimate of drug-likeness (QED) is 0.860. The Balaban J connectivity index is 1.76. The highest BCUT2D eigenvalue weighted by atomic mass is 35.5. The minimum absolute atomic E-state index is 0.134. The van der Waals surface area contributed by atoms with Crippen LogP contribution in [-0.4, -0.2) is 18.6 Å². The van der Waals surface area contributed by atoms with Crippen LogP contribution in [0.5, 0.6) is 5.75 Å². The third kappa shape index (κ3) is 2.79. The molecule has 1 atom stereocenters. The van der Waals surface area contributed by atoms with Crippen molar-refractivity contribution >= 4 is 23.2 Å². The SMILES string of the molecule is CC(Oc1ccc(F)cc1Cl)C(=O)N1CCc2ccccc21. The first-order valence-corrected chi connectivity index (χ1v) is 7.45. The number of rotatable bonds is 3. The number of benzene rings is 2. The molecule has 0 saturated carbocycles. The second kappa shape index (κ2) is 5.97. The van der Waals surface area contributed by atoms with E-state index in [1.54, 1.807) is 11.8 Å². The number of halogens is 2. The van der Waals surface area contributed by atoms with Crippen molar-refractivity contribution in [1.82, 2.24) is 0 Å². The number of para-hydroxylation sites is 1. The Labute approximate surface area is 133 Å². The van der Waals surface area contributed by atoms with Crippen molar-refractivity contribution in [2.45, 2.75) is 19.4 Å². The van der Waals surface area contributed by atoms with Crippen LogP contribution in [-0.2, 0) is 11.2 Å². The number of amides is 1. The van der Waals surface area contributed by atoms with Gasteiger partial charge in [-0.3, -0.25) is 4.79 Å². The topological polar surface area (TPSA) is 29.5 Å². The lowest BCUT2D eigenvalue weighted by Crippen LogP contribution is -2.39. The molecule has 1 aliphatic heterocycles. The molecule has 3 rings (SSSR count). The highest BCUT2D eigenvalue weighted by molar-refractivity contribution is 6.32. The molecule has 1 unspecified atom stereocenters. The van der Waals surface area contributed by atoms with E-state index in [4.69, 9.17) is 16.3 Å². The molecule has 0 saturated heterocycles. The largest absolute Gasteiger partial charge is 0.479 e. The second-order valence-corrected chi connectivity index (χ2v) is 5.61. The number of hydrogen-bond acceptors (Lipinski definition) is 2. The van der Waals surface area contributed by atoms with Crippen LogP contribution in [0.1, 0.15) is 12.5 Å². The van der Waals surface area contributed by atoms with E-state index < -0.39 is 11.9 Å². The van der Waals surface area contributed by atoms with E-state index in [0.717, 1.165) is 17.7 Å². The van der Waals surface area contributed by atoms with Crippen molar-refractivity contribution in [3.63, 3.8) is 0 Å². The first kappa shape index (κ1) is 14.9. The number of nitrogens with zero attached hydrogens (tertiary/aromatic N) is 1. The summed E-state index contributed by atoms with van der Waals surface area (Å²) in [4.78, 5) is 14.3. The van der Waals surface area contributed by atoms with Gasteiger partial charge >= 0.3 is 0 Å². The number of anilines is 1. The molecule has 0 N–H and O–H groups in total. The van der Waals surface area contributed by atoms with E-state index in [9.17, 15) is 9.18 Å². The Kier molecular flexibility index (Phi) is 4.03. The maximum Gasteiger partial charge on any atom is 0.267 e. The third-order valence-electron chi connectivity index (χ3n) is 3.70. The van der Waals surface area contributed by atoms with Crippen LogP contribution in [0.2, 0.25) is 5.02 Å². The molecule has 3 nitrogen and oxygen atoms in total. The van der Waals surface area contributed by atoms with E-state index >= 15 is 0 Å². The lowest BCUT2D eigenvalue weighted by atomic mass is 10.2. The molecule has 1 heterocycles. The van der Waals surface area contributed by atoms with Gasteiger partial charge in [0.2, 0.25) is 0 Å². The average molecular weight is 320 g/mol. The zero-order valence-corrected chi connectivity index (χ0v) is 12.8. The fourth-order valence-electron chi connectivity index (χ4n) is 2.60. The Bertz CT molecular complexity index is 720. The average Bonchev–Trinajstić information content (AvgIpc) is 2.93. The van der Waals surface area contributed by atoms with E-state index in [0.29, 0.717) is 12.3 Å². The van der Waals surface area contributed by atoms with Crippen molar-refractivity contribution in [3.05, 3.63) is 58.9 Å². The number of carbonyl (C=O) groups is 1. The highest BCUT2D eigenvalue weighted by Crippen LogP contribution is 2.30. The van der Waals surface area contributed by atoms with Crippen LogP contribution in [0.15, 0.2) is 42.5 Å². The van der Waals surface area contributed by atoms with E-state index in [1.807, 2.05) is 24.3 Å². The smallest absolute Gasteiger partial charge is 0.267 e. The Morgan fingerprint density at radius 3 is 2.86 bits per heavy atom. The third-order valence-corrected chi connectivity index (χ3v) is 3.99. The van der Waals surface area contributed by atoms with E-state index in [1.165, 1.54) is 18.2 Å². The summed E-state index contributed by atoms with van der Waals surface area (Å²) in [6.45, 7) is 2.31. The maximum absolute atomic E-state index is 13.0. The van der Waals surface area contributed by atoms with Crippen LogP contribution >= 0.6 is 11.6 Å². The molecule has 0 fully saturated rings. The summed E-state index contributed by atoms with van der Waals surface area (Å²) in [5.74, 6) is -0.272. The standard InChI is InChI=1S/C17H15ClFNO2/c1-11(22-16-7-6-13(19)10-14(16)18)17(21)20-9-8-12-4-2-3-5-15(12)20/h2-7,10-11H,8-9H2,1H3. The molecule has 1 aliphatic rings. The van der Waals surface area contributed by atoms with Gasteiger partial charge in [-0.2, -0.15) is 0 Å². The number of ether oxygens (including phenoxy) is 1. The van der Waals surface area contributed by atoms with Gasteiger partial charge in [0.25, 0.3) is 5.91 Å². The lowest BCUT2D eigenvalue weighted by Gasteiger charge is -2.22. The van der Waals surface area contributed by atoms with Gasteiger partial charge in [0.1, 0.15) is 11.6 Å². The molecular weight excluding hydrogens is 305 g/mol. The van der Waals surface area contributed by atoms with Crippen LogP contribution in [0.4, 0.5) is 10.1 Å². The lowest BCUT2D eigenvalue weighted by molar-refractivity contribution is -0.124. The van der Waals surface area contributed by atoms with Gasteiger partial charge in [-0.15, -0.1) is 0 Å². The van der Waals surface area contributed by atoms with Crippen molar-refractivity contribution in [2.24, 2.45) is 0 Å². The van der Waals surface area contributed by atoms with Gasteiger partial charge in [0.15, 0.2) is 6.10 Å². The number of hydrogen-bond donors (Lipinski definition) is 0. The van der Waals surface area contributed by atoms with Crippen molar-refractivity contribution in [1.29, 1.82) is 0 Å². The van der Waals surface area contributed by atoms with Gasteiger partial charge in [-0.25, -0.2) is 4.39 Å². The summed E-state index contributed by atoms with van der Waals surface area (Å²) in [5.41, 5.74) is 2.08. The minimum atomic E-state index is -0.700. The van der Waals surface area contributed by atoms with Crippen LogP contribution in [0.25, 0.3) is 0 Å². The zero-order valence-electron chi connectivity index (χ0n) is 12.1. The molecule has 1 amide bonds. The van der Waals surface area contributed by atoms with Crippen molar-refractivity contribution < 1.29 is 13.9 Å². The Hall–Kier alpha value is -2.07. The molecule has 5 heteroatoms. The van der Waals surface area contributed by atoms with Gasteiger partial charge in [0.05, 0.1) is 5.02 Å². The highest BCUT2D eigenvalue weighted by Gasteiger charge is 2.29. The molecule has 0 bridgehead atoms. The van der Waals surface area contributed by atoms with Crippen LogP contribution in [0.3, 0.4) is 0 Å². The van der Waals surface area contributed by atoms with E-state index in [2.05, 4.69) is 0 Å². The summed E-state index contributed by atoms with van der Waals surface area (Å²) >= 11 is 5.93. The first-order chi connectivity index (χ1) is 10.6. The Morgan fingerprint density at radius 1 is 1.32 bits per heavy atom. The summed E-state index contributed by atoms with van der Waals surface area (Å²) < 4.78 is 18.6. The fraction of sp³-hybridized carbons (Fsp3) is 0.235. The molecule has 0 radical (unpaired) electrons. The molecule has 22 heavy (non-hydrogen) atoms. The molecule has 114 valence electrons. The van der Waals surface area contributed by atoms with Crippen molar-refractivity contribution in [2.75, 3.05) is 11.4 Å². The predicted octanol–water partition coefficient (Wildman–Crippen LogP) is 3.84. The molecule has 2 aromatic rings. The van der Waals surface area contributed by atoms with Gasteiger partial charge in [0, 0.05) is 12.2 Å². The predicted molar refractivity (Wildman–Crippen MR) is 84.0 cm³/mol. The van der Waals surface area contributed by atoms with Gasteiger partial charge in [-0.1, -0.05) is 29.8 Å². The number of fused-ring (bicyclic) bond motifs is 1. The zero-order chi connectivity index (χ0) is 15.7. The second-order valence-electron chi connectivity index (χ2n) is 5.20. The summed E-state index contributed by atoms with van der Waals surface area (Å²) in [6, 6.07) is 11.7. The van der Waals surface area contributed by atoms with Gasteiger partial charge < -0.3 is 9.64 Å². The molecule has 0 aromatic heterocycles. The molecular formula is C17H15ClFNO2. The maximum atomic E-state index is 13.0. The molecule has 0 spiro atoms. The van der Waals surface area contributed by atoms with Gasteiger partial charge in [-0.05, 0) is 43.2 Å². The normalized spacial score (nSPS) is 14.6. The Morgan fingerprint density at radius 2 is 2.09 bits per heavy atom. The minimum Gasteiger partial charge on any atom is -0.479 e. The monoisotopic (exact) mass is 319 g/mol. The van der Waals surface area contributed by atoms with Crippen LogP contribution in [0, 0.1) is 5.82 Å². The van der Waals surface area contributed by atoms with Crippen molar-refractivity contribution in [3.8, 4) is 5.75 Å². The number of carbonyl (C=O) groups excluding carboxylic acids is 1. The summed E-state index contributed by atoms with van der Waals surface area (Å²) in [6.07, 6.45) is 0.139. The van der Waals surface area contributed by atoms with Crippen LogP contribution < -0.4 is 9.64 Å². The first-order valence-electron chi connectivity index (χ1n) is 7.07.